The summed E-state index contributed by atoms with van der Waals surface area (Å²) in [6.07, 6.45) is 12.0. The second kappa shape index (κ2) is 10.2. The van der Waals surface area contributed by atoms with Crippen molar-refractivity contribution in [1.29, 1.82) is 0 Å². The maximum absolute atomic E-state index is 13.8. The number of halogens is 2. The van der Waals surface area contributed by atoms with Crippen molar-refractivity contribution < 1.29 is 13.6 Å². The van der Waals surface area contributed by atoms with E-state index in [4.69, 9.17) is 4.99 Å². The number of carbonyl (C=O) groups is 1. The minimum atomic E-state index is -2.64. The fourth-order valence-electron chi connectivity index (χ4n) is 5.12. The highest BCUT2D eigenvalue weighted by molar-refractivity contribution is 5.98. The molecule has 10 heteroatoms. The standard InChI is InChI=1S/C26H35F2N7O/c1-34(2)25-30-14-17(15-31-25)22(35-12-10-26(27,28)11-13-35)16-29-24(36)20-4-3-5-21-19(20)8-9-23(33-21)32-18-6-7-18/h8-9,14-15,18,21-22H,3-7,10-13,16H2,1-2H3,(H,29,36)(H,32,33). The van der Waals surface area contributed by atoms with Crippen molar-refractivity contribution in [2.45, 2.75) is 69.0 Å². The molecule has 3 heterocycles. The van der Waals surface area contributed by atoms with Gasteiger partial charge in [0.15, 0.2) is 0 Å². The van der Waals surface area contributed by atoms with Crippen LogP contribution in [-0.2, 0) is 4.79 Å². The van der Waals surface area contributed by atoms with E-state index in [0.29, 0.717) is 25.0 Å². The van der Waals surface area contributed by atoms with Crippen LogP contribution < -0.4 is 15.5 Å². The average molecular weight is 500 g/mol. The Morgan fingerprint density at radius 2 is 1.89 bits per heavy atom. The van der Waals surface area contributed by atoms with Gasteiger partial charge in [-0.2, -0.15) is 0 Å². The Kier molecular flexibility index (Phi) is 7.05. The molecule has 4 aliphatic rings. The summed E-state index contributed by atoms with van der Waals surface area (Å²) in [6.45, 7) is 0.818. The molecule has 2 aliphatic carbocycles. The molecule has 2 atom stereocenters. The molecule has 0 bridgehead atoms. The van der Waals surface area contributed by atoms with Crippen LogP contribution in [0, 0.1) is 0 Å². The van der Waals surface area contributed by atoms with E-state index >= 15 is 0 Å². The SMILES string of the molecule is CN(C)c1ncc(C(CNC(=O)C2=C3C=CC(NC4CC4)=NC3CCC2)N2CCC(F)(F)CC2)cn1. The second-order valence-corrected chi connectivity index (χ2v) is 10.4. The zero-order valence-electron chi connectivity index (χ0n) is 21.0. The molecule has 0 aromatic carbocycles. The molecule has 1 saturated heterocycles. The van der Waals surface area contributed by atoms with Gasteiger partial charge in [-0.15, -0.1) is 0 Å². The predicted molar refractivity (Wildman–Crippen MR) is 135 cm³/mol. The highest BCUT2D eigenvalue weighted by Crippen LogP contribution is 2.33. The lowest BCUT2D eigenvalue weighted by Crippen LogP contribution is -2.45. The average Bonchev–Trinajstić information content (AvgIpc) is 3.68. The topological polar surface area (TPSA) is 85.8 Å². The van der Waals surface area contributed by atoms with Crippen LogP contribution in [0.15, 0.2) is 40.7 Å². The van der Waals surface area contributed by atoms with Crippen LogP contribution in [0.5, 0.6) is 0 Å². The first-order valence-corrected chi connectivity index (χ1v) is 12.9. The Balaban J connectivity index is 1.30. The van der Waals surface area contributed by atoms with Gasteiger partial charge >= 0.3 is 0 Å². The molecule has 194 valence electrons. The van der Waals surface area contributed by atoms with E-state index in [-0.39, 0.29) is 43.9 Å². The van der Waals surface area contributed by atoms with Crippen LogP contribution in [0.25, 0.3) is 0 Å². The first kappa shape index (κ1) is 24.8. The monoisotopic (exact) mass is 499 g/mol. The Labute approximate surface area is 211 Å². The number of aliphatic imine (C=N–C) groups is 1. The maximum atomic E-state index is 13.8. The predicted octanol–water partition coefficient (Wildman–Crippen LogP) is 3.00. The van der Waals surface area contributed by atoms with E-state index in [1.807, 2.05) is 31.1 Å². The van der Waals surface area contributed by atoms with Gasteiger partial charge in [0.2, 0.25) is 11.9 Å². The number of likely N-dealkylation sites (tertiary alicyclic amines) is 1. The van der Waals surface area contributed by atoms with Crippen molar-refractivity contribution >= 4 is 17.7 Å². The Hall–Kier alpha value is -2.88. The fraction of sp³-hybridized carbons (Fsp3) is 0.615. The molecule has 2 N–H and O–H groups in total. The van der Waals surface area contributed by atoms with E-state index in [1.165, 1.54) is 12.8 Å². The first-order chi connectivity index (χ1) is 17.3. The number of amides is 1. The number of rotatable bonds is 7. The van der Waals surface area contributed by atoms with Crippen molar-refractivity contribution in [3.05, 3.63) is 41.3 Å². The minimum Gasteiger partial charge on any atom is -0.368 e. The smallest absolute Gasteiger partial charge is 0.250 e. The van der Waals surface area contributed by atoms with Crippen LogP contribution in [-0.4, -0.2) is 78.3 Å². The zero-order chi connectivity index (χ0) is 25.3. The number of alkyl halides is 2. The maximum Gasteiger partial charge on any atom is 0.250 e. The molecule has 2 aliphatic heterocycles. The van der Waals surface area contributed by atoms with Crippen molar-refractivity contribution in [3.63, 3.8) is 0 Å². The molecular formula is C26H35F2N7O. The van der Waals surface area contributed by atoms with Gasteiger partial charge in [-0.05, 0) is 43.8 Å². The van der Waals surface area contributed by atoms with Crippen LogP contribution in [0.4, 0.5) is 14.7 Å². The van der Waals surface area contributed by atoms with Crippen molar-refractivity contribution in [1.82, 2.24) is 25.5 Å². The third kappa shape index (κ3) is 5.74. The Morgan fingerprint density at radius 3 is 2.56 bits per heavy atom. The van der Waals surface area contributed by atoms with Gasteiger partial charge in [-0.25, -0.2) is 18.7 Å². The first-order valence-electron chi connectivity index (χ1n) is 12.9. The lowest BCUT2D eigenvalue weighted by Gasteiger charge is -2.37. The number of carbonyl (C=O) groups excluding carboxylic acids is 1. The molecule has 1 aromatic heterocycles. The summed E-state index contributed by atoms with van der Waals surface area (Å²) in [5, 5.41) is 6.55. The zero-order valence-corrected chi connectivity index (χ0v) is 21.0. The Morgan fingerprint density at radius 1 is 1.17 bits per heavy atom. The van der Waals surface area contributed by atoms with E-state index < -0.39 is 5.92 Å². The van der Waals surface area contributed by atoms with Gasteiger partial charge in [0, 0.05) is 76.1 Å². The molecule has 0 radical (unpaired) electrons. The van der Waals surface area contributed by atoms with E-state index in [1.54, 1.807) is 17.3 Å². The summed E-state index contributed by atoms with van der Waals surface area (Å²) < 4.78 is 27.7. The quantitative estimate of drug-likeness (QED) is 0.600. The third-order valence-electron chi connectivity index (χ3n) is 7.40. The summed E-state index contributed by atoms with van der Waals surface area (Å²) in [6, 6.07) is 0.270. The van der Waals surface area contributed by atoms with Gasteiger partial charge in [-0.1, -0.05) is 6.08 Å². The fourth-order valence-corrected chi connectivity index (χ4v) is 5.12. The van der Waals surface area contributed by atoms with E-state index in [9.17, 15) is 13.6 Å². The summed E-state index contributed by atoms with van der Waals surface area (Å²) in [7, 11) is 3.72. The van der Waals surface area contributed by atoms with Gasteiger partial charge in [-0.3, -0.25) is 14.7 Å². The summed E-state index contributed by atoms with van der Waals surface area (Å²) in [4.78, 5) is 30.8. The normalized spacial score (nSPS) is 24.6. The molecule has 1 saturated carbocycles. The van der Waals surface area contributed by atoms with Gasteiger partial charge in [0.1, 0.15) is 5.84 Å². The lowest BCUT2D eigenvalue weighted by molar-refractivity contribution is -0.118. The molecule has 8 nitrogen and oxygen atoms in total. The molecule has 1 amide bonds. The number of anilines is 1. The molecule has 5 rings (SSSR count). The summed E-state index contributed by atoms with van der Waals surface area (Å²) in [5.41, 5.74) is 2.58. The number of piperidine rings is 1. The van der Waals surface area contributed by atoms with Crippen molar-refractivity contribution in [3.8, 4) is 0 Å². The molecule has 1 aromatic rings. The Bertz CT molecular complexity index is 1050. The summed E-state index contributed by atoms with van der Waals surface area (Å²) in [5.74, 6) is -1.25. The highest BCUT2D eigenvalue weighted by atomic mass is 19.3. The van der Waals surface area contributed by atoms with E-state index in [0.717, 1.165) is 35.4 Å². The van der Waals surface area contributed by atoms with E-state index in [2.05, 4.69) is 20.6 Å². The number of hydrogen-bond acceptors (Lipinski definition) is 7. The van der Waals surface area contributed by atoms with Gasteiger partial charge < -0.3 is 15.5 Å². The number of dihydropyridines is 1. The number of nitrogens with one attached hydrogen (secondary N) is 2. The van der Waals surface area contributed by atoms with Crippen LogP contribution in [0.2, 0.25) is 0 Å². The lowest BCUT2D eigenvalue weighted by atomic mass is 9.86. The largest absolute Gasteiger partial charge is 0.368 e. The second-order valence-electron chi connectivity index (χ2n) is 10.4. The molecule has 36 heavy (non-hydrogen) atoms. The number of aromatic nitrogens is 2. The van der Waals surface area contributed by atoms with Gasteiger partial charge in [0.05, 0.1) is 12.1 Å². The van der Waals surface area contributed by atoms with Crippen molar-refractivity contribution in [2.24, 2.45) is 4.99 Å². The number of hydrogen-bond donors (Lipinski definition) is 2. The molecule has 0 spiro atoms. The number of fused-ring (bicyclic) bond motifs is 1. The molecule has 2 fully saturated rings. The van der Waals surface area contributed by atoms with Crippen molar-refractivity contribution in [2.75, 3.05) is 38.6 Å². The van der Waals surface area contributed by atoms with Crippen LogP contribution >= 0.6 is 0 Å². The minimum absolute atomic E-state index is 0.0119. The number of amidine groups is 1. The van der Waals surface area contributed by atoms with Crippen LogP contribution in [0.1, 0.15) is 56.6 Å². The molecule has 2 unspecified atom stereocenters. The van der Waals surface area contributed by atoms with Crippen LogP contribution in [0.3, 0.4) is 0 Å². The highest BCUT2D eigenvalue weighted by Gasteiger charge is 2.37. The number of nitrogens with zero attached hydrogens (tertiary/aromatic N) is 5. The summed E-state index contributed by atoms with van der Waals surface area (Å²) >= 11 is 0. The molecular weight excluding hydrogens is 464 g/mol. The third-order valence-corrected chi connectivity index (χ3v) is 7.40. The van der Waals surface area contributed by atoms with Gasteiger partial charge in [0.25, 0.3) is 5.92 Å².